The summed E-state index contributed by atoms with van der Waals surface area (Å²) in [7, 11) is -3.13. The summed E-state index contributed by atoms with van der Waals surface area (Å²) in [6.07, 6.45) is 0. The van der Waals surface area contributed by atoms with Crippen LogP contribution in [0.4, 0.5) is 0 Å². The van der Waals surface area contributed by atoms with E-state index in [1.165, 1.54) is 0 Å². The standard InChI is InChI=1S/C28H28Si2/c1-29(2,3)23-21-28(22-24-30(4,5)6)27(19-17-25-13-9-7-10-14-25)20-18-26-15-11-8-12-16-26/h7-16H,1-6H3. The Hall–Kier alpha value is -3.15. The lowest BCUT2D eigenvalue weighted by Crippen LogP contribution is -2.17. The Balaban J connectivity index is 2.69. The number of hydrogen-bond acceptors (Lipinski definition) is 0. The Morgan fingerprint density at radius 2 is 0.833 bits per heavy atom. The molecule has 0 bridgehead atoms. The molecule has 0 aliphatic heterocycles. The van der Waals surface area contributed by atoms with Gasteiger partial charge >= 0.3 is 0 Å². The van der Waals surface area contributed by atoms with Crippen molar-refractivity contribution in [2.75, 3.05) is 0 Å². The molecule has 2 aromatic rings. The molecule has 2 rings (SSSR count). The van der Waals surface area contributed by atoms with E-state index < -0.39 is 16.1 Å². The van der Waals surface area contributed by atoms with Crippen LogP contribution in [0.15, 0.2) is 71.8 Å². The molecule has 0 unspecified atom stereocenters. The van der Waals surface area contributed by atoms with Crippen molar-refractivity contribution in [2.45, 2.75) is 39.3 Å². The maximum atomic E-state index is 3.44. The second-order valence-electron chi connectivity index (χ2n) is 8.98. The zero-order valence-corrected chi connectivity index (χ0v) is 20.8. The average Bonchev–Trinajstić information content (AvgIpc) is 2.69. The SMILES string of the molecule is C[Si](C)(C)C#CC(C#C[Si](C)(C)C)=C(C#Cc1ccccc1)C#Cc1ccccc1. The predicted molar refractivity (Wildman–Crippen MR) is 136 cm³/mol. The minimum Gasteiger partial charge on any atom is -0.126 e. The third-order valence-corrected chi connectivity index (χ3v) is 5.34. The van der Waals surface area contributed by atoms with Crippen LogP contribution in [0, 0.1) is 46.6 Å². The van der Waals surface area contributed by atoms with Crippen LogP contribution >= 0.6 is 0 Å². The molecule has 30 heavy (non-hydrogen) atoms. The highest BCUT2D eigenvalue weighted by atomic mass is 28.3. The summed E-state index contributed by atoms with van der Waals surface area (Å²) in [5, 5.41) is 0. The molecule has 0 spiro atoms. The molecule has 0 nitrogen and oxygen atoms in total. The topological polar surface area (TPSA) is 0 Å². The van der Waals surface area contributed by atoms with Gasteiger partial charge in [0.05, 0.1) is 11.1 Å². The Morgan fingerprint density at radius 3 is 1.17 bits per heavy atom. The van der Waals surface area contributed by atoms with Crippen molar-refractivity contribution in [1.29, 1.82) is 0 Å². The van der Waals surface area contributed by atoms with E-state index in [1.807, 2.05) is 60.7 Å². The molecule has 0 amide bonds. The summed E-state index contributed by atoms with van der Waals surface area (Å²) in [6.45, 7) is 13.4. The van der Waals surface area contributed by atoms with Gasteiger partial charge in [-0.1, -0.05) is 111 Å². The Kier molecular flexibility index (Phi) is 8.16. The summed E-state index contributed by atoms with van der Waals surface area (Å²) in [6, 6.07) is 19.9. The lowest BCUT2D eigenvalue weighted by atomic mass is 10.1. The number of rotatable bonds is 0. The van der Waals surface area contributed by atoms with Crippen molar-refractivity contribution in [3.05, 3.63) is 82.9 Å². The van der Waals surface area contributed by atoms with Crippen LogP contribution in [0.25, 0.3) is 0 Å². The second kappa shape index (κ2) is 10.6. The Labute approximate surface area is 184 Å². The summed E-state index contributed by atoms with van der Waals surface area (Å²) in [5.74, 6) is 19.7. The molecule has 0 fully saturated rings. The first-order chi connectivity index (χ1) is 14.1. The van der Waals surface area contributed by atoms with Gasteiger partial charge in [0.15, 0.2) is 0 Å². The first-order valence-corrected chi connectivity index (χ1v) is 17.1. The smallest absolute Gasteiger partial charge is 0.126 e. The fourth-order valence-corrected chi connectivity index (χ4v) is 3.12. The van der Waals surface area contributed by atoms with Crippen molar-refractivity contribution in [3.63, 3.8) is 0 Å². The van der Waals surface area contributed by atoms with Gasteiger partial charge in [0.1, 0.15) is 16.1 Å². The third-order valence-electron chi connectivity index (χ3n) is 3.59. The van der Waals surface area contributed by atoms with Gasteiger partial charge in [0.2, 0.25) is 0 Å². The normalized spacial score (nSPS) is 9.93. The average molecular weight is 421 g/mol. The van der Waals surface area contributed by atoms with Crippen molar-refractivity contribution >= 4 is 16.1 Å². The molecule has 2 heteroatoms. The number of hydrogen-bond donors (Lipinski definition) is 0. The lowest BCUT2D eigenvalue weighted by molar-refractivity contribution is 1.63. The molecule has 2 aromatic carbocycles. The zero-order chi connectivity index (χ0) is 22.0. The monoisotopic (exact) mass is 420 g/mol. The number of benzene rings is 2. The first-order valence-electron chi connectivity index (χ1n) is 10.1. The van der Waals surface area contributed by atoms with Crippen LogP contribution in [0.5, 0.6) is 0 Å². The Morgan fingerprint density at radius 1 is 0.500 bits per heavy atom. The summed E-state index contributed by atoms with van der Waals surface area (Å²) in [4.78, 5) is 0. The molecule has 0 atom stereocenters. The van der Waals surface area contributed by atoms with Crippen molar-refractivity contribution in [2.24, 2.45) is 0 Å². The Bertz CT molecular complexity index is 1050. The van der Waals surface area contributed by atoms with Gasteiger partial charge in [0.25, 0.3) is 0 Å². The van der Waals surface area contributed by atoms with Crippen LogP contribution in [-0.4, -0.2) is 16.1 Å². The van der Waals surface area contributed by atoms with Crippen LogP contribution in [0.2, 0.25) is 39.3 Å². The van der Waals surface area contributed by atoms with Crippen LogP contribution in [0.1, 0.15) is 11.1 Å². The van der Waals surface area contributed by atoms with E-state index in [0.29, 0.717) is 5.57 Å². The third kappa shape index (κ3) is 9.37. The van der Waals surface area contributed by atoms with E-state index in [9.17, 15) is 0 Å². The van der Waals surface area contributed by atoms with Crippen molar-refractivity contribution in [3.8, 4) is 46.6 Å². The summed E-state index contributed by atoms with van der Waals surface area (Å²) in [5.41, 5.74) is 10.2. The number of allylic oxidation sites excluding steroid dienone is 2. The maximum absolute atomic E-state index is 3.44. The van der Waals surface area contributed by atoms with E-state index in [2.05, 4.69) is 85.9 Å². The molecule has 0 saturated heterocycles. The fourth-order valence-electron chi connectivity index (χ4n) is 2.12. The molecule has 0 aromatic heterocycles. The van der Waals surface area contributed by atoms with Gasteiger partial charge in [-0.3, -0.25) is 0 Å². The van der Waals surface area contributed by atoms with E-state index in [-0.39, 0.29) is 0 Å². The van der Waals surface area contributed by atoms with E-state index in [4.69, 9.17) is 0 Å². The van der Waals surface area contributed by atoms with Gasteiger partial charge < -0.3 is 0 Å². The van der Waals surface area contributed by atoms with Crippen LogP contribution in [-0.2, 0) is 0 Å². The molecule has 0 saturated carbocycles. The quantitative estimate of drug-likeness (QED) is 0.354. The molecule has 0 heterocycles. The van der Waals surface area contributed by atoms with Gasteiger partial charge in [-0.2, -0.15) is 0 Å². The molecule has 0 aliphatic rings. The minimum absolute atomic E-state index is 0.694. The minimum atomic E-state index is -1.56. The van der Waals surface area contributed by atoms with Gasteiger partial charge in [-0.05, 0) is 24.3 Å². The summed E-state index contributed by atoms with van der Waals surface area (Å²) < 4.78 is 0. The highest BCUT2D eigenvalue weighted by molar-refractivity contribution is 6.84. The van der Waals surface area contributed by atoms with Crippen LogP contribution in [0.3, 0.4) is 0 Å². The molecule has 0 aliphatic carbocycles. The maximum Gasteiger partial charge on any atom is 0.129 e. The molecule has 148 valence electrons. The molecular weight excluding hydrogens is 392 g/mol. The predicted octanol–water partition coefficient (Wildman–Crippen LogP) is 6.15. The van der Waals surface area contributed by atoms with Gasteiger partial charge in [-0.15, -0.1) is 11.1 Å². The highest BCUT2D eigenvalue weighted by Crippen LogP contribution is 2.08. The fraction of sp³-hybridized carbons (Fsp3) is 0.214. The second-order valence-corrected chi connectivity index (χ2v) is 18.5. The van der Waals surface area contributed by atoms with E-state index >= 15 is 0 Å². The summed E-state index contributed by atoms with van der Waals surface area (Å²) >= 11 is 0. The van der Waals surface area contributed by atoms with E-state index in [0.717, 1.165) is 16.7 Å². The van der Waals surface area contributed by atoms with E-state index in [1.54, 1.807) is 0 Å². The molecular formula is C28H28Si2. The van der Waals surface area contributed by atoms with Crippen LogP contribution < -0.4 is 0 Å². The first kappa shape index (κ1) is 23.1. The largest absolute Gasteiger partial charge is 0.129 e. The zero-order valence-electron chi connectivity index (χ0n) is 18.8. The molecule has 0 radical (unpaired) electrons. The molecule has 0 N–H and O–H groups in total. The highest BCUT2D eigenvalue weighted by Gasteiger charge is 2.10. The van der Waals surface area contributed by atoms with Crippen molar-refractivity contribution < 1.29 is 0 Å². The lowest BCUT2D eigenvalue weighted by Gasteiger charge is -2.05. The van der Waals surface area contributed by atoms with Gasteiger partial charge in [-0.25, -0.2) is 0 Å². The van der Waals surface area contributed by atoms with Crippen molar-refractivity contribution in [1.82, 2.24) is 0 Å². The van der Waals surface area contributed by atoms with Gasteiger partial charge in [0, 0.05) is 11.1 Å².